The summed E-state index contributed by atoms with van der Waals surface area (Å²) in [6.07, 6.45) is 4.26. The van der Waals surface area contributed by atoms with Crippen molar-refractivity contribution in [2.24, 2.45) is 0 Å². The lowest BCUT2D eigenvalue weighted by Gasteiger charge is -2.33. The molecular formula is C34H36N2O6. The van der Waals surface area contributed by atoms with E-state index in [1.807, 2.05) is 85.7 Å². The molecule has 0 unspecified atom stereocenters. The van der Waals surface area contributed by atoms with Gasteiger partial charge in [-0.25, -0.2) is 0 Å². The minimum Gasteiger partial charge on any atom is -0.871 e. The second kappa shape index (κ2) is 10.7. The highest BCUT2D eigenvalue weighted by Gasteiger charge is 2.46. The lowest BCUT2D eigenvalue weighted by molar-refractivity contribution is -0.438. The molecule has 2 aromatic rings. The molecule has 0 atom stereocenters. The van der Waals surface area contributed by atoms with E-state index in [1.54, 1.807) is 12.2 Å². The van der Waals surface area contributed by atoms with E-state index in [2.05, 4.69) is 0 Å². The number of para-hydroxylation sites is 2. The molecule has 2 N–H and O–H groups in total. The maximum Gasteiger partial charge on any atom is 0.303 e. The van der Waals surface area contributed by atoms with Crippen molar-refractivity contribution in [2.75, 3.05) is 18.0 Å². The number of carboxylic acids is 2. The highest BCUT2D eigenvalue weighted by molar-refractivity contribution is 6.24. The largest absolute Gasteiger partial charge is 0.871 e. The van der Waals surface area contributed by atoms with Crippen molar-refractivity contribution in [3.63, 3.8) is 0 Å². The van der Waals surface area contributed by atoms with E-state index in [0.29, 0.717) is 25.9 Å². The third-order valence-electron chi connectivity index (χ3n) is 8.68. The SMILES string of the molecule is CC1(C)C(/C=C2\C(=O)C(/C=C3\N(CCCC(=O)O)c4ccccc4C3(C)C)=C2[O-])=[N+](CCCC(=O)O)c2ccccc21. The van der Waals surface area contributed by atoms with Gasteiger partial charge in [-0.1, -0.05) is 56.0 Å². The van der Waals surface area contributed by atoms with Crippen LogP contribution in [-0.2, 0) is 25.2 Å². The van der Waals surface area contributed by atoms with Crippen LogP contribution in [0.1, 0.15) is 64.5 Å². The lowest BCUT2D eigenvalue weighted by atomic mass is 9.77. The van der Waals surface area contributed by atoms with Gasteiger partial charge in [-0.15, -0.1) is 0 Å². The molecule has 0 saturated heterocycles. The molecule has 218 valence electrons. The Kier molecular flexibility index (Phi) is 7.43. The number of allylic oxidation sites excluding steroid dienone is 5. The summed E-state index contributed by atoms with van der Waals surface area (Å²) < 4.78 is 2.03. The van der Waals surface area contributed by atoms with Gasteiger partial charge in [0, 0.05) is 65.0 Å². The second-order valence-corrected chi connectivity index (χ2v) is 12.1. The van der Waals surface area contributed by atoms with Crippen LogP contribution in [0.4, 0.5) is 11.4 Å². The summed E-state index contributed by atoms with van der Waals surface area (Å²) in [4.78, 5) is 38.0. The van der Waals surface area contributed by atoms with E-state index in [1.165, 1.54) is 0 Å². The molecule has 8 nitrogen and oxygen atoms in total. The number of hydrogen-bond donors (Lipinski definition) is 2. The quantitative estimate of drug-likeness (QED) is 0.317. The summed E-state index contributed by atoms with van der Waals surface area (Å²) in [5, 5.41) is 31.9. The Morgan fingerprint density at radius 2 is 1.50 bits per heavy atom. The molecule has 0 bridgehead atoms. The number of rotatable bonds is 10. The second-order valence-electron chi connectivity index (χ2n) is 12.1. The molecule has 0 fully saturated rings. The van der Waals surface area contributed by atoms with Crippen molar-refractivity contribution in [3.8, 4) is 0 Å². The van der Waals surface area contributed by atoms with Gasteiger partial charge in [0.2, 0.25) is 5.69 Å². The predicted molar refractivity (Wildman–Crippen MR) is 158 cm³/mol. The molecule has 8 heteroatoms. The number of anilines is 1. The smallest absolute Gasteiger partial charge is 0.303 e. The molecule has 0 amide bonds. The minimum absolute atomic E-state index is 0.0213. The number of aliphatic carboxylic acids is 2. The number of carbonyl (C=O) groups is 3. The lowest BCUT2D eigenvalue weighted by Crippen LogP contribution is -2.35. The van der Waals surface area contributed by atoms with Crippen molar-refractivity contribution in [1.82, 2.24) is 0 Å². The van der Waals surface area contributed by atoms with Crippen molar-refractivity contribution in [1.29, 1.82) is 0 Å². The van der Waals surface area contributed by atoms with E-state index in [0.717, 1.165) is 33.9 Å². The highest BCUT2D eigenvalue weighted by Crippen LogP contribution is 2.49. The van der Waals surface area contributed by atoms with Crippen molar-refractivity contribution < 1.29 is 34.3 Å². The molecule has 0 saturated carbocycles. The maximum absolute atomic E-state index is 13.6. The molecule has 0 radical (unpaired) electrons. The fourth-order valence-electron chi connectivity index (χ4n) is 6.43. The first kappa shape index (κ1) is 29.0. The van der Waals surface area contributed by atoms with Crippen LogP contribution in [0.25, 0.3) is 0 Å². The number of ketones is 1. The fourth-order valence-corrected chi connectivity index (χ4v) is 6.43. The summed E-state index contributed by atoms with van der Waals surface area (Å²) in [7, 11) is 0. The van der Waals surface area contributed by atoms with E-state index < -0.39 is 22.8 Å². The summed E-state index contributed by atoms with van der Waals surface area (Å²) in [5.74, 6) is -2.39. The van der Waals surface area contributed by atoms with Crippen LogP contribution in [0.2, 0.25) is 0 Å². The van der Waals surface area contributed by atoms with Gasteiger partial charge in [0.25, 0.3) is 0 Å². The number of hydrogen-bond acceptors (Lipinski definition) is 5. The van der Waals surface area contributed by atoms with Gasteiger partial charge in [-0.2, -0.15) is 4.58 Å². The van der Waals surface area contributed by atoms with Gasteiger partial charge in [0.15, 0.2) is 11.5 Å². The van der Waals surface area contributed by atoms with Crippen LogP contribution in [0, 0.1) is 0 Å². The van der Waals surface area contributed by atoms with Gasteiger partial charge < -0.3 is 20.2 Å². The first-order chi connectivity index (χ1) is 19.9. The van der Waals surface area contributed by atoms with Crippen molar-refractivity contribution in [3.05, 3.63) is 94.4 Å². The van der Waals surface area contributed by atoms with Gasteiger partial charge in [-0.05, 0) is 38.0 Å². The summed E-state index contributed by atoms with van der Waals surface area (Å²) in [5.41, 5.74) is 4.86. The Bertz CT molecular complexity index is 1620. The summed E-state index contributed by atoms with van der Waals surface area (Å²) in [6, 6.07) is 15.8. The number of benzene rings is 2. The van der Waals surface area contributed by atoms with Crippen LogP contribution < -0.4 is 10.0 Å². The van der Waals surface area contributed by atoms with Crippen LogP contribution >= 0.6 is 0 Å². The molecule has 2 aromatic carbocycles. The standard InChI is InChI=1S/C34H36N2O6/c1-33(2)23-11-5-7-13-25(23)35(17-9-15-29(37)38)27(33)19-21-31(41)22(32(21)42)20-28-34(3,4)24-12-6-8-14-26(24)36(28)18-10-16-30(39)40/h5-8,11-14,19-20H,9-10,15-18H2,1-4H3,(H2-,37,38,39,40,41,42). The fraction of sp³-hybridized carbons (Fsp3) is 0.353. The molecule has 5 rings (SSSR count). The Balaban J connectivity index is 1.54. The molecule has 0 spiro atoms. The first-order valence-electron chi connectivity index (χ1n) is 14.3. The monoisotopic (exact) mass is 568 g/mol. The Hall–Kier alpha value is -4.46. The van der Waals surface area contributed by atoms with Crippen LogP contribution in [0.3, 0.4) is 0 Å². The van der Waals surface area contributed by atoms with Gasteiger partial charge >= 0.3 is 11.9 Å². The first-order valence-corrected chi connectivity index (χ1v) is 14.3. The zero-order valence-electron chi connectivity index (χ0n) is 24.4. The number of carboxylic acid groups (broad SMARTS) is 2. The van der Waals surface area contributed by atoms with Crippen molar-refractivity contribution >= 4 is 34.8 Å². The maximum atomic E-state index is 13.6. The predicted octanol–water partition coefficient (Wildman–Crippen LogP) is 4.60. The summed E-state index contributed by atoms with van der Waals surface area (Å²) in [6.45, 7) is 9.08. The van der Waals surface area contributed by atoms with E-state index in [-0.39, 0.29) is 35.5 Å². The molecular weight excluding hydrogens is 532 g/mol. The Morgan fingerprint density at radius 3 is 2.17 bits per heavy atom. The number of carbonyl (C=O) groups excluding carboxylic acids is 1. The average Bonchev–Trinajstić information content (AvgIpc) is 3.28. The molecule has 3 aliphatic rings. The van der Waals surface area contributed by atoms with Gasteiger partial charge in [-0.3, -0.25) is 14.4 Å². The molecule has 0 aromatic heterocycles. The zero-order chi connectivity index (χ0) is 30.4. The summed E-state index contributed by atoms with van der Waals surface area (Å²) >= 11 is 0. The van der Waals surface area contributed by atoms with Crippen LogP contribution in [0.5, 0.6) is 0 Å². The third-order valence-corrected chi connectivity index (χ3v) is 8.68. The number of fused-ring (bicyclic) bond motifs is 2. The zero-order valence-corrected chi connectivity index (χ0v) is 24.4. The van der Waals surface area contributed by atoms with Gasteiger partial charge in [0.05, 0.1) is 11.8 Å². The van der Waals surface area contributed by atoms with E-state index in [4.69, 9.17) is 0 Å². The Morgan fingerprint density at radius 1 is 0.881 bits per heavy atom. The van der Waals surface area contributed by atoms with Crippen molar-refractivity contribution in [2.45, 2.75) is 64.2 Å². The normalized spacial score (nSPS) is 20.3. The van der Waals surface area contributed by atoms with E-state index >= 15 is 0 Å². The molecule has 2 heterocycles. The molecule has 2 aliphatic heterocycles. The topological polar surface area (TPSA) is 121 Å². The van der Waals surface area contributed by atoms with Crippen LogP contribution in [-0.4, -0.2) is 51.3 Å². The highest BCUT2D eigenvalue weighted by atomic mass is 16.4. The van der Waals surface area contributed by atoms with Gasteiger partial charge in [0.1, 0.15) is 6.54 Å². The Labute approximate surface area is 245 Å². The minimum atomic E-state index is -0.868. The average molecular weight is 569 g/mol. The number of Topliss-reactive ketones (excluding diaryl/α,β-unsaturated/α-hetero) is 1. The van der Waals surface area contributed by atoms with E-state index in [9.17, 15) is 29.7 Å². The third kappa shape index (κ3) is 4.85. The number of nitrogens with zero attached hydrogens (tertiary/aromatic N) is 2. The molecule has 42 heavy (non-hydrogen) atoms. The molecule has 1 aliphatic carbocycles. The van der Waals surface area contributed by atoms with Crippen LogP contribution in [0.15, 0.2) is 83.3 Å².